The van der Waals surface area contributed by atoms with Crippen LogP contribution < -0.4 is 9.16 Å². The third-order valence-electron chi connectivity index (χ3n) is 6.93. The number of carbonyl (C=O) groups excluding carboxylic acids is 1. The molecule has 0 aromatic heterocycles. The fourth-order valence-electron chi connectivity index (χ4n) is 4.73. The molecule has 0 fully saturated rings. The zero-order valence-electron chi connectivity index (χ0n) is 23.2. The van der Waals surface area contributed by atoms with Gasteiger partial charge in [0.1, 0.15) is 5.75 Å². The first-order valence-corrected chi connectivity index (χ1v) is 15.3. The summed E-state index contributed by atoms with van der Waals surface area (Å²) in [6, 6.07) is 25.0. The van der Waals surface area contributed by atoms with Gasteiger partial charge in [0.2, 0.25) is 0 Å². The maximum Gasteiger partial charge on any atom is 0.330 e. The fourth-order valence-corrected chi connectivity index (χ4v) is 8.88. The van der Waals surface area contributed by atoms with Crippen LogP contribution in [0.5, 0.6) is 11.5 Å². The smallest absolute Gasteiger partial charge is 0.330 e. The molecule has 3 aromatic carbocycles. The van der Waals surface area contributed by atoms with Gasteiger partial charge in [0.15, 0.2) is 5.75 Å². The maximum atomic E-state index is 11.7. The molecular formula is C32H37NO4Si. The van der Waals surface area contributed by atoms with Crippen LogP contribution in [0.25, 0.3) is 17.2 Å². The van der Waals surface area contributed by atoms with E-state index in [4.69, 9.17) is 13.9 Å². The van der Waals surface area contributed by atoms with Crippen molar-refractivity contribution in [2.24, 2.45) is 0 Å². The summed E-state index contributed by atoms with van der Waals surface area (Å²) in [5, 5.41) is 9.49. The minimum atomic E-state index is -2.38. The predicted octanol–water partition coefficient (Wildman–Crippen LogP) is 7.74. The van der Waals surface area contributed by atoms with Crippen LogP contribution in [0, 0.1) is 11.3 Å². The lowest BCUT2D eigenvalue weighted by Crippen LogP contribution is -2.50. The predicted molar refractivity (Wildman–Crippen MR) is 156 cm³/mol. The number of hydrogen-bond acceptors (Lipinski definition) is 5. The molecule has 0 saturated heterocycles. The molecule has 0 heterocycles. The number of carbonyl (C=O) groups is 1. The van der Waals surface area contributed by atoms with Crippen LogP contribution in [0.4, 0.5) is 0 Å². The molecule has 0 amide bonds. The van der Waals surface area contributed by atoms with E-state index in [9.17, 15) is 10.1 Å². The van der Waals surface area contributed by atoms with Gasteiger partial charge in [-0.3, -0.25) is 0 Å². The van der Waals surface area contributed by atoms with Crippen molar-refractivity contribution >= 4 is 20.4 Å². The minimum Gasteiger partial charge on any atom is -0.540 e. The quantitative estimate of drug-likeness (QED) is 0.145. The van der Waals surface area contributed by atoms with E-state index in [2.05, 4.69) is 58.0 Å². The summed E-state index contributed by atoms with van der Waals surface area (Å²) in [7, 11) is -0.751. The maximum absolute atomic E-state index is 11.7. The molecule has 0 spiro atoms. The van der Waals surface area contributed by atoms with Crippen molar-refractivity contribution in [3.05, 3.63) is 89.5 Å². The molecule has 5 nitrogen and oxygen atoms in total. The molecule has 0 radical (unpaired) electrons. The van der Waals surface area contributed by atoms with Crippen LogP contribution in [-0.4, -0.2) is 28.0 Å². The summed E-state index contributed by atoms with van der Waals surface area (Å²) in [5.41, 5.74) is 5.37. The summed E-state index contributed by atoms with van der Waals surface area (Å²) in [6.45, 7) is 11.1. The SMILES string of the molecule is CCOC(=O)/C=C/c1ccc(O[Si](Cc2ccc(-c3ccccc3C#N)cc2)(C(C)C)C(C)C)c(OC)c1. The topological polar surface area (TPSA) is 68.5 Å². The minimum absolute atomic E-state index is 0.340. The van der Waals surface area contributed by atoms with Gasteiger partial charge >= 0.3 is 5.97 Å². The van der Waals surface area contributed by atoms with E-state index >= 15 is 0 Å². The average molecular weight is 528 g/mol. The third-order valence-corrected chi connectivity index (χ3v) is 12.4. The molecule has 0 aliphatic heterocycles. The highest BCUT2D eigenvalue weighted by Gasteiger charge is 2.44. The Kier molecular flexibility index (Phi) is 9.92. The molecule has 0 saturated carbocycles. The van der Waals surface area contributed by atoms with Crippen LogP contribution in [0.2, 0.25) is 11.1 Å². The number of nitriles is 1. The fraction of sp³-hybridized carbons (Fsp3) is 0.312. The molecule has 0 bridgehead atoms. The summed E-state index contributed by atoms with van der Waals surface area (Å²) >= 11 is 0. The van der Waals surface area contributed by atoms with Gasteiger partial charge in [0.05, 0.1) is 25.3 Å². The highest BCUT2D eigenvalue weighted by Crippen LogP contribution is 2.41. The van der Waals surface area contributed by atoms with E-state index in [-0.39, 0.29) is 5.97 Å². The van der Waals surface area contributed by atoms with Crippen LogP contribution >= 0.6 is 0 Å². The van der Waals surface area contributed by atoms with Crippen LogP contribution in [0.1, 0.15) is 51.3 Å². The van der Waals surface area contributed by atoms with E-state index in [1.165, 1.54) is 11.6 Å². The second-order valence-electron chi connectivity index (χ2n) is 9.89. The number of rotatable bonds is 11. The van der Waals surface area contributed by atoms with Crippen molar-refractivity contribution in [2.45, 2.75) is 51.7 Å². The standard InChI is InChI=1S/C32H37NO4Si/c1-7-36-32(34)19-15-25-14-18-30(31(20-25)35-6)37-38(23(2)3,24(4)5)22-26-12-16-27(17-13-26)29-11-9-8-10-28(29)21-33/h8-20,23-24H,7,22H2,1-6H3/b19-15+. The van der Waals surface area contributed by atoms with Crippen molar-refractivity contribution in [3.8, 4) is 28.7 Å². The Morgan fingerprint density at radius 2 is 1.66 bits per heavy atom. The Balaban J connectivity index is 1.91. The Bertz CT molecular complexity index is 1300. The first kappa shape index (κ1) is 28.7. The zero-order valence-corrected chi connectivity index (χ0v) is 24.2. The monoisotopic (exact) mass is 527 g/mol. The third kappa shape index (κ3) is 6.73. The molecule has 38 heavy (non-hydrogen) atoms. The van der Waals surface area contributed by atoms with E-state index < -0.39 is 8.32 Å². The second kappa shape index (κ2) is 13.1. The van der Waals surface area contributed by atoms with Gasteiger partial charge in [0, 0.05) is 12.1 Å². The summed E-state index contributed by atoms with van der Waals surface area (Å²) in [6.07, 6.45) is 3.13. The lowest BCUT2D eigenvalue weighted by molar-refractivity contribution is -0.137. The molecule has 3 aromatic rings. The number of ether oxygens (including phenoxy) is 2. The molecule has 3 rings (SSSR count). The van der Waals surface area contributed by atoms with Crippen LogP contribution in [-0.2, 0) is 15.6 Å². The molecule has 0 atom stereocenters. The lowest BCUT2D eigenvalue weighted by atomic mass is 10.00. The number of nitrogens with zero attached hydrogens (tertiary/aromatic N) is 1. The van der Waals surface area contributed by atoms with E-state index in [1.54, 1.807) is 20.1 Å². The molecule has 6 heteroatoms. The Morgan fingerprint density at radius 1 is 0.974 bits per heavy atom. The zero-order chi connectivity index (χ0) is 27.7. The van der Waals surface area contributed by atoms with Crippen LogP contribution in [0.3, 0.4) is 0 Å². The van der Waals surface area contributed by atoms with Gasteiger partial charge in [-0.2, -0.15) is 5.26 Å². The average Bonchev–Trinajstić information content (AvgIpc) is 2.92. The van der Waals surface area contributed by atoms with E-state index in [1.807, 2.05) is 42.5 Å². The number of esters is 1. The van der Waals surface area contributed by atoms with Crippen molar-refractivity contribution in [1.82, 2.24) is 0 Å². The first-order chi connectivity index (χ1) is 18.2. The second-order valence-corrected chi connectivity index (χ2v) is 14.7. The number of methoxy groups -OCH3 is 1. The van der Waals surface area contributed by atoms with Gasteiger partial charge in [0.25, 0.3) is 8.32 Å². The van der Waals surface area contributed by atoms with Gasteiger partial charge in [-0.15, -0.1) is 0 Å². The van der Waals surface area contributed by atoms with E-state index in [0.717, 1.165) is 28.5 Å². The molecule has 0 unspecified atom stereocenters. The summed E-state index contributed by atoms with van der Waals surface area (Å²) < 4.78 is 17.7. The summed E-state index contributed by atoms with van der Waals surface area (Å²) in [4.78, 5) is 11.7. The van der Waals surface area contributed by atoms with Crippen LogP contribution in [0.15, 0.2) is 72.8 Å². The lowest BCUT2D eigenvalue weighted by Gasteiger charge is -2.39. The highest BCUT2D eigenvalue weighted by atomic mass is 28.4. The number of benzene rings is 3. The Labute approximate surface area is 227 Å². The Hall–Kier alpha value is -3.82. The highest BCUT2D eigenvalue weighted by molar-refractivity contribution is 6.76. The molecule has 0 N–H and O–H groups in total. The molecular weight excluding hydrogens is 490 g/mol. The molecule has 0 aliphatic rings. The van der Waals surface area contributed by atoms with Crippen molar-refractivity contribution in [3.63, 3.8) is 0 Å². The van der Waals surface area contributed by atoms with Gasteiger partial charge in [-0.1, -0.05) is 76.2 Å². The van der Waals surface area contributed by atoms with Gasteiger partial charge in [-0.05, 0) is 64.5 Å². The van der Waals surface area contributed by atoms with Gasteiger partial charge in [-0.25, -0.2) is 4.79 Å². The molecule has 198 valence electrons. The first-order valence-electron chi connectivity index (χ1n) is 13.0. The van der Waals surface area contributed by atoms with Crippen molar-refractivity contribution in [1.29, 1.82) is 5.26 Å². The number of hydrogen-bond donors (Lipinski definition) is 0. The molecule has 0 aliphatic carbocycles. The van der Waals surface area contributed by atoms with Crippen molar-refractivity contribution < 1.29 is 18.7 Å². The Morgan fingerprint density at radius 3 is 2.26 bits per heavy atom. The van der Waals surface area contributed by atoms with E-state index in [0.29, 0.717) is 29.0 Å². The van der Waals surface area contributed by atoms with Gasteiger partial charge < -0.3 is 13.9 Å². The largest absolute Gasteiger partial charge is 0.540 e. The van der Waals surface area contributed by atoms with Crippen molar-refractivity contribution in [2.75, 3.05) is 13.7 Å². The summed E-state index contributed by atoms with van der Waals surface area (Å²) in [5.74, 6) is 0.979. The normalized spacial score (nSPS) is 11.6.